The first-order chi connectivity index (χ1) is 9.14. The summed E-state index contributed by atoms with van der Waals surface area (Å²) in [5.41, 5.74) is 1.04. The Morgan fingerprint density at radius 2 is 1.89 bits per heavy atom. The van der Waals surface area contributed by atoms with E-state index in [-0.39, 0.29) is 0 Å². The van der Waals surface area contributed by atoms with E-state index >= 15 is 0 Å². The standard InChI is InChI=1S/C14H17NO2S2/c1-2-9-15(11-13-8-10-18-12-13)19(16,17)14-6-4-3-5-7-14/h3-8,10,12H,2,9,11H2,1H3. The van der Waals surface area contributed by atoms with Crippen LogP contribution in [0.3, 0.4) is 0 Å². The van der Waals surface area contributed by atoms with E-state index in [0.717, 1.165) is 12.0 Å². The Morgan fingerprint density at radius 1 is 1.16 bits per heavy atom. The van der Waals surface area contributed by atoms with Crippen LogP contribution in [0.25, 0.3) is 0 Å². The van der Waals surface area contributed by atoms with Crippen LogP contribution in [0.5, 0.6) is 0 Å². The van der Waals surface area contributed by atoms with Gasteiger partial charge >= 0.3 is 0 Å². The van der Waals surface area contributed by atoms with Crippen molar-refractivity contribution < 1.29 is 8.42 Å². The number of hydrogen-bond acceptors (Lipinski definition) is 3. The van der Waals surface area contributed by atoms with Crippen molar-refractivity contribution in [2.75, 3.05) is 6.54 Å². The van der Waals surface area contributed by atoms with Gasteiger partial charge in [0.05, 0.1) is 4.90 Å². The van der Waals surface area contributed by atoms with Gasteiger partial charge in [0.25, 0.3) is 0 Å². The highest BCUT2D eigenvalue weighted by molar-refractivity contribution is 7.89. The van der Waals surface area contributed by atoms with Crippen LogP contribution in [-0.4, -0.2) is 19.3 Å². The van der Waals surface area contributed by atoms with Gasteiger partial charge in [0.1, 0.15) is 0 Å². The molecule has 0 N–H and O–H groups in total. The molecule has 0 amide bonds. The number of benzene rings is 1. The highest BCUT2D eigenvalue weighted by atomic mass is 32.2. The van der Waals surface area contributed by atoms with Gasteiger partial charge in [-0.1, -0.05) is 25.1 Å². The molecule has 0 radical (unpaired) electrons. The molecule has 3 nitrogen and oxygen atoms in total. The van der Waals surface area contributed by atoms with Gasteiger partial charge in [0, 0.05) is 13.1 Å². The molecule has 2 rings (SSSR count). The molecule has 0 saturated heterocycles. The Balaban J connectivity index is 2.28. The Kier molecular flexibility index (Phi) is 4.74. The molecule has 19 heavy (non-hydrogen) atoms. The molecular formula is C14H17NO2S2. The van der Waals surface area contributed by atoms with E-state index in [1.807, 2.05) is 29.8 Å². The van der Waals surface area contributed by atoms with Crippen LogP contribution in [0, 0.1) is 0 Å². The Hall–Kier alpha value is -1.17. The van der Waals surface area contributed by atoms with Gasteiger partial charge < -0.3 is 0 Å². The number of hydrogen-bond donors (Lipinski definition) is 0. The van der Waals surface area contributed by atoms with Crippen molar-refractivity contribution >= 4 is 21.4 Å². The summed E-state index contributed by atoms with van der Waals surface area (Å²) < 4.78 is 26.7. The van der Waals surface area contributed by atoms with Gasteiger partial charge in [-0.25, -0.2) is 8.42 Å². The monoisotopic (exact) mass is 295 g/mol. The lowest BCUT2D eigenvalue weighted by molar-refractivity contribution is 0.406. The SMILES string of the molecule is CCCN(Cc1ccsc1)S(=O)(=O)c1ccccc1. The molecule has 0 fully saturated rings. The zero-order chi connectivity index (χ0) is 13.7. The fraction of sp³-hybridized carbons (Fsp3) is 0.286. The molecule has 0 aliphatic carbocycles. The van der Waals surface area contributed by atoms with Crippen molar-refractivity contribution in [1.29, 1.82) is 0 Å². The molecule has 1 heterocycles. The summed E-state index contributed by atoms with van der Waals surface area (Å²) in [5, 5.41) is 3.96. The Labute approximate surface area is 118 Å². The van der Waals surface area contributed by atoms with Gasteiger partial charge in [-0.15, -0.1) is 0 Å². The minimum atomic E-state index is -3.40. The van der Waals surface area contributed by atoms with Crippen LogP contribution in [0.4, 0.5) is 0 Å². The molecule has 0 saturated carbocycles. The first-order valence-electron chi connectivity index (χ1n) is 6.21. The summed E-state index contributed by atoms with van der Waals surface area (Å²) in [6.07, 6.45) is 0.802. The van der Waals surface area contributed by atoms with Crippen LogP contribution >= 0.6 is 11.3 Å². The maximum absolute atomic E-state index is 12.6. The predicted octanol–water partition coefficient (Wildman–Crippen LogP) is 3.35. The lowest BCUT2D eigenvalue weighted by atomic mass is 10.3. The van der Waals surface area contributed by atoms with E-state index in [1.54, 1.807) is 39.9 Å². The topological polar surface area (TPSA) is 37.4 Å². The maximum Gasteiger partial charge on any atom is 0.243 e. The van der Waals surface area contributed by atoms with Crippen LogP contribution in [0.2, 0.25) is 0 Å². The van der Waals surface area contributed by atoms with Crippen molar-refractivity contribution in [1.82, 2.24) is 4.31 Å². The molecule has 0 spiro atoms. The first-order valence-corrected chi connectivity index (χ1v) is 8.59. The van der Waals surface area contributed by atoms with E-state index < -0.39 is 10.0 Å². The third-order valence-electron chi connectivity index (χ3n) is 2.79. The van der Waals surface area contributed by atoms with Crippen molar-refractivity contribution in [3.63, 3.8) is 0 Å². The fourth-order valence-corrected chi connectivity index (χ4v) is 4.06. The zero-order valence-electron chi connectivity index (χ0n) is 10.8. The highest BCUT2D eigenvalue weighted by Crippen LogP contribution is 2.19. The average Bonchev–Trinajstić information content (AvgIpc) is 2.92. The molecule has 0 bridgehead atoms. The average molecular weight is 295 g/mol. The molecule has 0 aliphatic heterocycles. The summed E-state index contributed by atoms with van der Waals surface area (Å²) in [6.45, 7) is 2.96. The lowest BCUT2D eigenvalue weighted by Crippen LogP contribution is -2.31. The van der Waals surface area contributed by atoms with E-state index in [9.17, 15) is 8.42 Å². The molecule has 2 aromatic rings. The molecular weight excluding hydrogens is 278 g/mol. The first kappa shape index (κ1) is 14.2. The summed E-state index contributed by atoms with van der Waals surface area (Å²) in [7, 11) is -3.40. The van der Waals surface area contributed by atoms with E-state index in [4.69, 9.17) is 0 Å². The number of sulfonamides is 1. The summed E-state index contributed by atoms with van der Waals surface area (Å²) >= 11 is 1.58. The van der Waals surface area contributed by atoms with Gasteiger partial charge in [-0.2, -0.15) is 15.6 Å². The minimum Gasteiger partial charge on any atom is -0.207 e. The molecule has 0 atom stereocenters. The highest BCUT2D eigenvalue weighted by Gasteiger charge is 2.23. The van der Waals surface area contributed by atoms with Gasteiger partial charge in [-0.05, 0) is 40.9 Å². The van der Waals surface area contributed by atoms with Gasteiger partial charge in [0.2, 0.25) is 10.0 Å². The molecule has 5 heteroatoms. The third-order valence-corrected chi connectivity index (χ3v) is 5.38. The predicted molar refractivity (Wildman–Crippen MR) is 78.6 cm³/mol. The van der Waals surface area contributed by atoms with Crippen molar-refractivity contribution in [3.8, 4) is 0 Å². The molecule has 102 valence electrons. The van der Waals surface area contributed by atoms with E-state index in [2.05, 4.69) is 0 Å². The normalized spacial score (nSPS) is 11.9. The van der Waals surface area contributed by atoms with Crippen LogP contribution in [0.15, 0.2) is 52.1 Å². The van der Waals surface area contributed by atoms with Crippen molar-refractivity contribution in [2.24, 2.45) is 0 Å². The maximum atomic E-state index is 12.6. The Bertz CT molecular complexity index is 592. The quantitative estimate of drug-likeness (QED) is 0.819. The van der Waals surface area contributed by atoms with Crippen molar-refractivity contribution in [2.45, 2.75) is 24.8 Å². The van der Waals surface area contributed by atoms with Crippen LogP contribution in [-0.2, 0) is 16.6 Å². The van der Waals surface area contributed by atoms with Crippen LogP contribution < -0.4 is 0 Å². The van der Waals surface area contributed by atoms with Crippen molar-refractivity contribution in [3.05, 3.63) is 52.7 Å². The fourth-order valence-electron chi connectivity index (χ4n) is 1.86. The number of rotatable bonds is 6. The Morgan fingerprint density at radius 3 is 2.47 bits per heavy atom. The second-order valence-electron chi connectivity index (χ2n) is 4.28. The van der Waals surface area contributed by atoms with E-state index in [1.165, 1.54) is 0 Å². The minimum absolute atomic E-state index is 0.360. The largest absolute Gasteiger partial charge is 0.243 e. The smallest absolute Gasteiger partial charge is 0.207 e. The molecule has 0 unspecified atom stereocenters. The van der Waals surface area contributed by atoms with Crippen LogP contribution in [0.1, 0.15) is 18.9 Å². The second kappa shape index (κ2) is 6.32. The second-order valence-corrected chi connectivity index (χ2v) is 7.00. The summed E-state index contributed by atoms with van der Waals surface area (Å²) in [6, 6.07) is 10.6. The summed E-state index contributed by atoms with van der Waals surface area (Å²) in [4.78, 5) is 0.360. The van der Waals surface area contributed by atoms with E-state index in [0.29, 0.717) is 18.0 Å². The number of thiophene rings is 1. The third kappa shape index (κ3) is 3.43. The lowest BCUT2D eigenvalue weighted by Gasteiger charge is -2.21. The van der Waals surface area contributed by atoms with Gasteiger partial charge in [-0.3, -0.25) is 0 Å². The zero-order valence-corrected chi connectivity index (χ0v) is 12.5. The molecule has 0 aliphatic rings. The molecule has 1 aromatic carbocycles. The molecule has 1 aromatic heterocycles. The summed E-state index contributed by atoms with van der Waals surface area (Å²) in [5.74, 6) is 0. The number of nitrogens with zero attached hydrogens (tertiary/aromatic N) is 1. The van der Waals surface area contributed by atoms with Gasteiger partial charge in [0.15, 0.2) is 0 Å².